The lowest BCUT2D eigenvalue weighted by molar-refractivity contribution is -0.145. The third kappa shape index (κ3) is 3.51. The third-order valence-corrected chi connectivity index (χ3v) is 2.79. The minimum atomic E-state index is -1.13. The van der Waals surface area contributed by atoms with Crippen LogP contribution in [0.4, 0.5) is 0 Å². The number of rotatable bonds is 4. The van der Waals surface area contributed by atoms with Crippen molar-refractivity contribution in [3.8, 4) is 0 Å². The summed E-state index contributed by atoms with van der Waals surface area (Å²) in [6, 6.07) is 0. The van der Waals surface area contributed by atoms with Crippen LogP contribution in [-0.2, 0) is 9.59 Å². The molecule has 1 aliphatic rings. The summed E-state index contributed by atoms with van der Waals surface area (Å²) in [5.41, 5.74) is -0.803. The second kappa shape index (κ2) is 4.61. The van der Waals surface area contributed by atoms with Gasteiger partial charge in [-0.05, 0) is 12.8 Å². The fourth-order valence-corrected chi connectivity index (χ4v) is 1.99. The second-order valence-electron chi connectivity index (χ2n) is 4.25. The Bertz CT molecular complexity index is 258. The molecule has 0 aliphatic heterocycles. The normalized spacial score (nSPS) is 18.8. The molecule has 0 saturated heterocycles. The van der Waals surface area contributed by atoms with Crippen molar-refractivity contribution in [2.75, 3.05) is 13.6 Å². The number of carboxylic acids is 1. The number of carboxylic acid groups (broad SMARTS) is 1. The quantitative estimate of drug-likeness (QED) is 0.658. The van der Waals surface area contributed by atoms with Gasteiger partial charge in [-0.2, -0.15) is 0 Å². The van der Waals surface area contributed by atoms with Gasteiger partial charge in [0, 0.05) is 13.6 Å². The van der Waals surface area contributed by atoms with E-state index >= 15 is 0 Å². The fraction of sp³-hybridized carbons (Fsp3) is 0.800. The zero-order valence-electron chi connectivity index (χ0n) is 8.90. The summed E-state index contributed by atoms with van der Waals surface area (Å²) in [6.07, 6.45) is 2.82. The van der Waals surface area contributed by atoms with Crippen molar-refractivity contribution in [2.24, 2.45) is 0 Å². The number of aliphatic hydroxyl groups is 1. The van der Waals surface area contributed by atoms with Crippen LogP contribution in [0.25, 0.3) is 0 Å². The number of nitrogens with zero attached hydrogens (tertiary/aromatic N) is 1. The van der Waals surface area contributed by atoms with E-state index in [0.717, 1.165) is 12.8 Å². The largest absolute Gasteiger partial charge is 0.481 e. The SMILES string of the molecule is CN(CC1(O)CCCC1)C(=O)CC(=O)O. The Morgan fingerprint density at radius 2 is 1.87 bits per heavy atom. The summed E-state index contributed by atoms with van der Waals surface area (Å²) in [5, 5.41) is 18.5. The molecule has 2 N–H and O–H groups in total. The van der Waals surface area contributed by atoms with Crippen LogP contribution in [0.15, 0.2) is 0 Å². The third-order valence-electron chi connectivity index (χ3n) is 2.79. The van der Waals surface area contributed by atoms with E-state index in [4.69, 9.17) is 5.11 Å². The number of carbonyl (C=O) groups excluding carboxylic acids is 1. The van der Waals surface area contributed by atoms with Gasteiger partial charge in [0.2, 0.25) is 5.91 Å². The highest BCUT2D eigenvalue weighted by Crippen LogP contribution is 2.29. The first kappa shape index (κ1) is 12.0. The molecule has 0 radical (unpaired) electrons. The van der Waals surface area contributed by atoms with Crippen LogP contribution in [-0.4, -0.2) is 46.2 Å². The molecule has 0 aromatic heterocycles. The molecule has 1 aliphatic carbocycles. The summed E-state index contributed by atoms with van der Waals surface area (Å²) in [6.45, 7) is 0.235. The molecule has 0 atom stereocenters. The van der Waals surface area contributed by atoms with Crippen LogP contribution in [0.2, 0.25) is 0 Å². The maximum Gasteiger partial charge on any atom is 0.312 e. The van der Waals surface area contributed by atoms with Crippen molar-refractivity contribution in [3.63, 3.8) is 0 Å². The van der Waals surface area contributed by atoms with Crippen molar-refractivity contribution < 1.29 is 19.8 Å². The standard InChI is InChI=1S/C10H17NO4/c1-11(8(12)6-9(13)14)7-10(15)4-2-3-5-10/h15H,2-7H2,1H3,(H,13,14). The van der Waals surface area contributed by atoms with Gasteiger partial charge in [0.15, 0.2) is 0 Å². The van der Waals surface area contributed by atoms with Crippen LogP contribution >= 0.6 is 0 Å². The molecule has 0 bridgehead atoms. The van der Waals surface area contributed by atoms with Crippen LogP contribution in [0.3, 0.4) is 0 Å². The maximum atomic E-state index is 11.3. The van der Waals surface area contributed by atoms with E-state index in [1.165, 1.54) is 11.9 Å². The van der Waals surface area contributed by atoms with Gasteiger partial charge in [-0.3, -0.25) is 9.59 Å². The molecule has 1 amide bonds. The lowest BCUT2D eigenvalue weighted by atomic mass is 10.0. The van der Waals surface area contributed by atoms with E-state index in [1.54, 1.807) is 0 Å². The predicted octanol–water partition coefficient (Wildman–Crippen LogP) is 0.225. The molecule has 5 nitrogen and oxygen atoms in total. The van der Waals surface area contributed by atoms with Gasteiger partial charge in [-0.25, -0.2) is 0 Å². The average Bonchev–Trinajstić information content (AvgIpc) is 2.50. The monoisotopic (exact) mass is 215 g/mol. The maximum absolute atomic E-state index is 11.3. The lowest BCUT2D eigenvalue weighted by Gasteiger charge is -2.28. The first-order chi connectivity index (χ1) is 6.93. The van der Waals surface area contributed by atoms with E-state index in [1.807, 2.05) is 0 Å². The van der Waals surface area contributed by atoms with Gasteiger partial charge in [0.1, 0.15) is 6.42 Å². The van der Waals surface area contributed by atoms with Crippen LogP contribution in [0.1, 0.15) is 32.1 Å². The Morgan fingerprint density at radius 1 is 1.33 bits per heavy atom. The molecular weight excluding hydrogens is 198 g/mol. The van der Waals surface area contributed by atoms with E-state index in [9.17, 15) is 14.7 Å². The number of aliphatic carboxylic acids is 1. The minimum absolute atomic E-state index is 0.235. The van der Waals surface area contributed by atoms with Gasteiger partial charge in [-0.15, -0.1) is 0 Å². The Labute approximate surface area is 88.7 Å². The smallest absolute Gasteiger partial charge is 0.312 e. The molecule has 0 spiro atoms. The van der Waals surface area contributed by atoms with E-state index < -0.39 is 23.9 Å². The Morgan fingerprint density at radius 3 is 2.33 bits per heavy atom. The number of likely N-dealkylation sites (N-methyl/N-ethyl adjacent to an activating group) is 1. The highest BCUT2D eigenvalue weighted by atomic mass is 16.4. The number of hydrogen-bond acceptors (Lipinski definition) is 3. The zero-order valence-corrected chi connectivity index (χ0v) is 8.90. The van der Waals surface area contributed by atoms with Gasteiger partial charge in [0.05, 0.1) is 5.60 Å². The first-order valence-corrected chi connectivity index (χ1v) is 5.11. The molecular formula is C10H17NO4. The van der Waals surface area contributed by atoms with Crippen molar-refractivity contribution in [1.82, 2.24) is 4.90 Å². The number of amides is 1. The summed E-state index contributed by atoms with van der Waals surface area (Å²) in [4.78, 5) is 22.9. The fourth-order valence-electron chi connectivity index (χ4n) is 1.99. The Kier molecular flexibility index (Phi) is 3.68. The Hall–Kier alpha value is -1.10. The topological polar surface area (TPSA) is 77.8 Å². The minimum Gasteiger partial charge on any atom is -0.481 e. The van der Waals surface area contributed by atoms with Crippen LogP contribution < -0.4 is 0 Å². The van der Waals surface area contributed by atoms with Crippen LogP contribution in [0, 0.1) is 0 Å². The number of carbonyl (C=O) groups is 2. The molecule has 0 heterocycles. The molecule has 1 fully saturated rings. The van der Waals surface area contributed by atoms with Crippen molar-refractivity contribution >= 4 is 11.9 Å². The van der Waals surface area contributed by atoms with Crippen molar-refractivity contribution in [1.29, 1.82) is 0 Å². The average molecular weight is 215 g/mol. The van der Waals surface area contributed by atoms with E-state index in [-0.39, 0.29) is 6.54 Å². The number of hydrogen-bond donors (Lipinski definition) is 2. The van der Waals surface area contributed by atoms with Crippen molar-refractivity contribution in [3.05, 3.63) is 0 Å². The van der Waals surface area contributed by atoms with Crippen LogP contribution in [0.5, 0.6) is 0 Å². The molecule has 15 heavy (non-hydrogen) atoms. The van der Waals surface area contributed by atoms with Gasteiger partial charge >= 0.3 is 5.97 Å². The summed E-state index contributed by atoms with van der Waals surface area (Å²) < 4.78 is 0. The molecule has 86 valence electrons. The summed E-state index contributed by atoms with van der Waals surface area (Å²) in [7, 11) is 1.53. The van der Waals surface area contributed by atoms with Gasteiger partial charge < -0.3 is 15.1 Å². The van der Waals surface area contributed by atoms with E-state index in [2.05, 4.69) is 0 Å². The summed E-state index contributed by atoms with van der Waals surface area (Å²) >= 11 is 0. The molecule has 0 aromatic rings. The molecule has 5 heteroatoms. The Balaban J connectivity index is 2.43. The highest BCUT2D eigenvalue weighted by molar-refractivity contribution is 5.93. The van der Waals surface area contributed by atoms with E-state index in [0.29, 0.717) is 12.8 Å². The van der Waals surface area contributed by atoms with Gasteiger partial charge in [0.25, 0.3) is 0 Å². The lowest BCUT2D eigenvalue weighted by Crippen LogP contribution is -2.42. The van der Waals surface area contributed by atoms with Crippen molar-refractivity contribution in [2.45, 2.75) is 37.7 Å². The molecule has 0 unspecified atom stereocenters. The highest BCUT2D eigenvalue weighted by Gasteiger charge is 2.33. The molecule has 1 rings (SSSR count). The van der Waals surface area contributed by atoms with Gasteiger partial charge in [-0.1, -0.05) is 12.8 Å². The molecule has 0 aromatic carbocycles. The zero-order chi connectivity index (χ0) is 11.5. The molecule has 1 saturated carbocycles. The predicted molar refractivity (Wildman–Crippen MR) is 53.3 cm³/mol. The summed E-state index contributed by atoms with van der Waals surface area (Å²) in [5.74, 6) is -1.59. The second-order valence-corrected chi connectivity index (χ2v) is 4.25. The first-order valence-electron chi connectivity index (χ1n) is 5.11.